The maximum atomic E-state index is 11.5. The summed E-state index contributed by atoms with van der Waals surface area (Å²) in [6.45, 7) is 1.94. The second-order valence-corrected chi connectivity index (χ2v) is 3.75. The predicted octanol–water partition coefficient (Wildman–Crippen LogP) is -0.452. The van der Waals surface area contributed by atoms with Gasteiger partial charge in [-0.25, -0.2) is 4.79 Å². The largest absolute Gasteiger partial charge is 0.481 e. The molecule has 0 saturated heterocycles. The van der Waals surface area contributed by atoms with E-state index in [0.717, 1.165) is 12.8 Å². The number of nitrogens with one attached hydrogen (secondary N) is 1. The fourth-order valence-corrected chi connectivity index (χ4v) is 1.21. The Hall–Kier alpha value is -1.63. The van der Waals surface area contributed by atoms with E-state index in [-0.39, 0.29) is 0 Å². The number of nitrogens with two attached hydrogens (primary N) is 1. The Labute approximate surface area is 99.0 Å². The van der Waals surface area contributed by atoms with Crippen molar-refractivity contribution in [1.29, 1.82) is 0 Å². The highest BCUT2D eigenvalue weighted by molar-refractivity contribution is 5.88. The molecule has 0 bridgehead atoms. The van der Waals surface area contributed by atoms with Gasteiger partial charge in [0.05, 0.1) is 12.5 Å². The Bertz CT molecular complexity index is 292. The normalized spacial score (nSPS) is 13.8. The Morgan fingerprint density at radius 2 is 1.88 bits per heavy atom. The van der Waals surface area contributed by atoms with Crippen LogP contribution < -0.4 is 11.1 Å². The zero-order valence-electron chi connectivity index (χ0n) is 9.68. The highest BCUT2D eigenvalue weighted by atomic mass is 16.4. The fourth-order valence-electron chi connectivity index (χ4n) is 1.21. The van der Waals surface area contributed by atoms with Crippen LogP contribution in [-0.4, -0.2) is 40.1 Å². The quantitative estimate of drug-likeness (QED) is 0.459. The lowest BCUT2D eigenvalue weighted by atomic mass is 10.1. The first-order valence-corrected chi connectivity index (χ1v) is 5.39. The SMILES string of the molecule is CCCCC(N)C(=O)NC(CC(=O)O)C(=O)O. The number of hydrogen-bond donors (Lipinski definition) is 4. The van der Waals surface area contributed by atoms with Gasteiger partial charge >= 0.3 is 11.9 Å². The molecule has 17 heavy (non-hydrogen) atoms. The molecular weight excluding hydrogens is 228 g/mol. The third kappa shape index (κ3) is 6.52. The van der Waals surface area contributed by atoms with Gasteiger partial charge in [-0.1, -0.05) is 19.8 Å². The number of carbonyl (C=O) groups is 3. The van der Waals surface area contributed by atoms with Crippen LogP contribution in [0.25, 0.3) is 0 Å². The molecule has 0 fully saturated rings. The minimum Gasteiger partial charge on any atom is -0.481 e. The van der Waals surface area contributed by atoms with Gasteiger partial charge < -0.3 is 21.3 Å². The Morgan fingerprint density at radius 3 is 2.29 bits per heavy atom. The Balaban J connectivity index is 4.29. The van der Waals surface area contributed by atoms with E-state index in [1.54, 1.807) is 0 Å². The van der Waals surface area contributed by atoms with Gasteiger partial charge in [0.1, 0.15) is 6.04 Å². The number of carboxylic acids is 2. The van der Waals surface area contributed by atoms with Crippen molar-refractivity contribution in [2.75, 3.05) is 0 Å². The van der Waals surface area contributed by atoms with Gasteiger partial charge in [-0.05, 0) is 6.42 Å². The zero-order chi connectivity index (χ0) is 13.4. The summed E-state index contributed by atoms with van der Waals surface area (Å²) < 4.78 is 0. The van der Waals surface area contributed by atoms with E-state index in [2.05, 4.69) is 5.32 Å². The van der Waals surface area contributed by atoms with E-state index in [9.17, 15) is 14.4 Å². The lowest BCUT2D eigenvalue weighted by molar-refractivity contribution is -0.147. The molecule has 0 heterocycles. The molecule has 0 saturated carbocycles. The minimum absolute atomic E-state index is 0.446. The van der Waals surface area contributed by atoms with Crippen LogP contribution in [0, 0.1) is 0 Å². The van der Waals surface area contributed by atoms with Crippen LogP contribution in [0.1, 0.15) is 32.6 Å². The van der Waals surface area contributed by atoms with E-state index in [0.29, 0.717) is 6.42 Å². The van der Waals surface area contributed by atoms with E-state index in [1.807, 2.05) is 6.92 Å². The molecule has 2 atom stereocenters. The van der Waals surface area contributed by atoms with Crippen molar-refractivity contribution in [3.8, 4) is 0 Å². The molecule has 0 radical (unpaired) electrons. The van der Waals surface area contributed by atoms with E-state index in [1.165, 1.54) is 0 Å². The van der Waals surface area contributed by atoms with Crippen molar-refractivity contribution in [3.63, 3.8) is 0 Å². The van der Waals surface area contributed by atoms with Crippen molar-refractivity contribution in [2.45, 2.75) is 44.7 Å². The van der Waals surface area contributed by atoms with Crippen molar-refractivity contribution in [2.24, 2.45) is 5.73 Å². The van der Waals surface area contributed by atoms with Crippen LogP contribution in [-0.2, 0) is 14.4 Å². The lowest BCUT2D eigenvalue weighted by Crippen LogP contribution is -2.49. The van der Waals surface area contributed by atoms with Crippen molar-refractivity contribution in [1.82, 2.24) is 5.32 Å². The predicted molar refractivity (Wildman–Crippen MR) is 59.3 cm³/mol. The summed E-state index contributed by atoms with van der Waals surface area (Å²) >= 11 is 0. The molecule has 2 unspecified atom stereocenters. The Kier molecular flexibility index (Phi) is 6.88. The fraction of sp³-hybridized carbons (Fsp3) is 0.700. The first kappa shape index (κ1) is 15.4. The number of carbonyl (C=O) groups excluding carboxylic acids is 1. The smallest absolute Gasteiger partial charge is 0.326 e. The average molecular weight is 246 g/mol. The van der Waals surface area contributed by atoms with Gasteiger partial charge in [0.2, 0.25) is 5.91 Å². The molecule has 5 N–H and O–H groups in total. The van der Waals surface area contributed by atoms with Gasteiger partial charge in [0.15, 0.2) is 0 Å². The van der Waals surface area contributed by atoms with Crippen LogP contribution in [0.4, 0.5) is 0 Å². The highest BCUT2D eigenvalue weighted by Gasteiger charge is 2.25. The van der Waals surface area contributed by atoms with Crippen molar-refractivity contribution >= 4 is 17.8 Å². The maximum absolute atomic E-state index is 11.5. The van der Waals surface area contributed by atoms with Gasteiger partial charge in [0.25, 0.3) is 0 Å². The molecule has 7 heteroatoms. The molecule has 0 rings (SSSR count). The maximum Gasteiger partial charge on any atom is 0.326 e. The third-order valence-corrected chi connectivity index (χ3v) is 2.20. The van der Waals surface area contributed by atoms with Crippen molar-refractivity contribution < 1.29 is 24.6 Å². The first-order valence-electron chi connectivity index (χ1n) is 5.39. The summed E-state index contributed by atoms with van der Waals surface area (Å²) in [4.78, 5) is 32.5. The molecular formula is C10H18N2O5. The minimum atomic E-state index is -1.44. The van der Waals surface area contributed by atoms with Gasteiger partial charge in [-0.15, -0.1) is 0 Å². The third-order valence-electron chi connectivity index (χ3n) is 2.20. The molecule has 0 aliphatic heterocycles. The molecule has 0 aliphatic carbocycles. The number of unbranched alkanes of at least 4 members (excludes halogenated alkanes) is 1. The van der Waals surface area contributed by atoms with Crippen LogP contribution in [0.2, 0.25) is 0 Å². The van der Waals surface area contributed by atoms with Crippen LogP contribution in [0.15, 0.2) is 0 Å². The molecule has 0 aromatic carbocycles. The first-order chi connectivity index (χ1) is 7.88. The van der Waals surface area contributed by atoms with E-state index >= 15 is 0 Å². The number of aliphatic carboxylic acids is 2. The van der Waals surface area contributed by atoms with Gasteiger partial charge in [-0.3, -0.25) is 9.59 Å². The molecule has 98 valence electrons. The van der Waals surface area contributed by atoms with Gasteiger partial charge in [-0.2, -0.15) is 0 Å². The standard InChI is InChI=1S/C10H18N2O5/c1-2-3-4-6(11)9(15)12-7(10(16)17)5-8(13)14/h6-7H,2-5,11H2,1H3,(H,12,15)(H,13,14)(H,16,17). The summed E-state index contributed by atoms with van der Waals surface area (Å²) in [5.74, 6) is -3.31. The second-order valence-electron chi connectivity index (χ2n) is 3.75. The molecule has 0 aliphatic rings. The Morgan fingerprint density at radius 1 is 1.29 bits per heavy atom. The molecule has 1 amide bonds. The van der Waals surface area contributed by atoms with Crippen LogP contribution in [0.3, 0.4) is 0 Å². The monoisotopic (exact) mass is 246 g/mol. The zero-order valence-corrected chi connectivity index (χ0v) is 9.68. The highest BCUT2D eigenvalue weighted by Crippen LogP contribution is 2.00. The van der Waals surface area contributed by atoms with Crippen molar-refractivity contribution in [3.05, 3.63) is 0 Å². The summed E-state index contributed by atoms with van der Waals surface area (Å²) in [7, 11) is 0. The van der Waals surface area contributed by atoms with E-state index in [4.69, 9.17) is 15.9 Å². The second kappa shape index (κ2) is 7.61. The summed E-state index contributed by atoms with van der Waals surface area (Å²) in [5, 5.41) is 19.3. The topological polar surface area (TPSA) is 130 Å². The number of amides is 1. The summed E-state index contributed by atoms with van der Waals surface area (Å²) in [5.41, 5.74) is 5.53. The molecule has 0 aromatic heterocycles. The van der Waals surface area contributed by atoms with Gasteiger partial charge in [0, 0.05) is 0 Å². The number of carboxylic acid groups (broad SMARTS) is 2. The lowest BCUT2D eigenvalue weighted by Gasteiger charge is -2.16. The van der Waals surface area contributed by atoms with E-state index < -0.39 is 36.4 Å². The van der Waals surface area contributed by atoms with Crippen LogP contribution >= 0.6 is 0 Å². The molecule has 0 spiro atoms. The summed E-state index contributed by atoms with van der Waals surface area (Å²) in [6, 6.07) is -2.24. The van der Waals surface area contributed by atoms with Crippen LogP contribution in [0.5, 0.6) is 0 Å². The number of rotatable bonds is 8. The number of hydrogen-bond acceptors (Lipinski definition) is 4. The molecule has 7 nitrogen and oxygen atoms in total. The summed E-state index contributed by atoms with van der Waals surface area (Å²) in [6.07, 6.45) is 1.41. The molecule has 0 aromatic rings. The average Bonchev–Trinajstić information content (AvgIpc) is 2.23.